The molecular weight excluding hydrogens is 252 g/mol. The van der Waals surface area contributed by atoms with E-state index < -0.39 is 0 Å². The molecule has 1 N–H and O–H groups in total. The van der Waals surface area contributed by atoms with Crippen LogP contribution in [0.3, 0.4) is 0 Å². The smallest absolute Gasteiger partial charge is 0.291 e. The lowest BCUT2D eigenvalue weighted by molar-refractivity contribution is 0.0909. The van der Waals surface area contributed by atoms with Crippen LogP contribution in [-0.4, -0.2) is 26.2 Å². The Balaban J connectivity index is 2.36. The fourth-order valence-corrected chi connectivity index (χ4v) is 1.91. The number of aryl methyl sites for hydroxylation is 2. The van der Waals surface area contributed by atoms with Crippen LogP contribution in [0.1, 0.15) is 42.8 Å². The van der Waals surface area contributed by atoms with Crippen LogP contribution in [0.5, 0.6) is 0 Å². The van der Waals surface area contributed by atoms with Gasteiger partial charge < -0.3 is 5.32 Å². The quantitative estimate of drug-likeness (QED) is 0.913. The van der Waals surface area contributed by atoms with Gasteiger partial charge in [-0.3, -0.25) is 4.79 Å². The molecule has 0 saturated heterocycles. The molecular formula is C15H20N4O. The summed E-state index contributed by atoms with van der Waals surface area (Å²) in [5, 5.41) is 7.18. The molecule has 1 aromatic carbocycles. The molecule has 1 aromatic heterocycles. The van der Waals surface area contributed by atoms with Gasteiger partial charge in [0, 0.05) is 5.54 Å². The lowest BCUT2D eigenvalue weighted by atomic mass is 10.1. The molecule has 0 saturated carbocycles. The first-order chi connectivity index (χ1) is 9.28. The SMILES string of the molecule is Cc1ccccc1-n1nc(C(=O)NC(C)(C)C)nc1C. The summed E-state index contributed by atoms with van der Waals surface area (Å²) >= 11 is 0. The number of carbonyl (C=O) groups is 1. The predicted molar refractivity (Wildman–Crippen MR) is 78.1 cm³/mol. The summed E-state index contributed by atoms with van der Waals surface area (Å²) in [5.41, 5.74) is 1.72. The van der Waals surface area contributed by atoms with Crippen LogP contribution in [0.4, 0.5) is 0 Å². The minimum absolute atomic E-state index is 0.195. The molecule has 0 spiro atoms. The first kappa shape index (κ1) is 14.2. The van der Waals surface area contributed by atoms with Crippen molar-refractivity contribution in [2.24, 2.45) is 0 Å². The molecule has 0 bridgehead atoms. The van der Waals surface area contributed by atoms with E-state index in [0.717, 1.165) is 11.3 Å². The molecule has 0 aliphatic rings. The topological polar surface area (TPSA) is 59.8 Å². The van der Waals surface area contributed by atoms with Gasteiger partial charge in [0.1, 0.15) is 5.82 Å². The molecule has 2 aromatic rings. The predicted octanol–water partition coefficient (Wildman–Crippen LogP) is 2.41. The molecule has 5 nitrogen and oxygen atoms in total. The second-order valence-corrected chi connectivity index (χ2v) is 5.89. The highest BCUT2D eigenvalue weighted by Crippen LogP contribution is 2.14. The minimum atomic E-state index is -0.306. The zero-order valence-corrected chi connectivity index (χ0v) is 12.6. The number of nitrogens with one attached hydrogen (secondary N) is 1. The molecule has 1 heterocycles. The molecule has 0 radical (unpaired) electrons. The number of amides is 1. The Morgan fingerprint density at radius 1 is 1.20 bits per heavy atom. The third kappa shape index (κ3) is 3.04. The van der Waals surface area contributed by atoms with Gasteiger partial charge >= 0.3 is 0 Å². The van der Waals surface area contributed by atoms with Crippen molar-refractivity contribution in [3.8, 4) is 5.69 Å². The maximum absolute atomic E-state index is 12.1. The second kappa shape index (κ2) is 5.07. The van der Waals surface area contributed by atoms with E-state index in [-0.39, 0.29) is 17.3 Å². The molecule has 20 heavy (non-hydrogen) atoms. The Morgan fingerprint density at radius 3 is 2.45 bits per heavy atom. The van der Waals surface area contributed by atoms with Crippen LogP contribution in [0, 0.1) is 13.8 Å². The van der Waals surface area contributed by atoms with Crippen molar-refractivity contribution in [3.63, 3.8) is 0 Å². The normalized spacial score (nSPS) is 11.4. The van der Waals surface area contributed by atoms with Gasteiger partial charge in [0.05, 0.1) is 5.69 Å². The van der Waals surface area contributed by atoms with E-state index in [4.69, 9.17) is 0 Å². The van der Waals surface area contributed by atoms with E-state index in [1.807, 2.05) is 58.9 Å². The van der Waals surface area contributed by atoms with Crippen molar-refractivity contribution in [3.05, 3.63) is 41.5 Å². The van der Waals surface area contributed by atoms with E-state index in [0.29, 0.717) is 5.82 Å². The molecule has 0 aliphatic carbocycles. The summed E-state index contributed by atoms with van der Waals surface area (Å²) in [4.78, 5) is 16.3. The maximum Gasteiger partial charge on any atom is 0.291 e. The van der Waals surface area contributed by atoms with Gasteiger partial charge in [0.2, 0.25) is 5.82 Å². The van der Waals surface area contributed by atoms with Crippen LogP contribution in [0.25, 0.3) is 5.69 Å². The van der Waals surface area contributed by atoms with Crippen molar-refractivity contribution in [1.82, 2.24) is 20.1 Å². The summed E-state index contributed by atoms with van der Waals surface area (Å²) in [5.74, 6) is 0.631. The van der Waals surface area contributed by atoms with Crippen molar-refractivity contribution in [2.75, 3.05) is 0 Å². The third-order valence-electron chi connectivity index (χ3n) is 2.80. The average molecular weight is 272 g/mol. The van der Waals surface area contributed by atoms with Gasteiger partial charge in [-0.05, 0) is 46.2 Å². The summed E-state index contributed by atoms with van der Waals surface area (Å²) in [6, 6.07) is 7.88. The van der Waals surface area contributed by atoms with E-state index in [1.54, 1.807) is 4.68 Å². The van der Waals surface area contributed by atoms with Crippen LogP contribution >= 0.6 is 0 Å². The van der Waals surface area contributed by atoms with Gasteiger partial charge in [-0.15, -0.1) is 5.10 Å². The molecule has 0 unspecified atom stereocenters. The van der Waals surface area contributed by atoms with Gasteiger partial charge in [0.25, 0.3) is 5.91 Å². The Morgan fingerprint density at radius 2 is 1.85 bits per heavy atom. The van der Waals surface area contributed by atoms with Crippen molar-refractivity contribution >= 4 is 5.91 Å². The van der Waals surface area contributed by atoms with Crippen molar-refractivity contribution < 1.29 is 4.79 Å². The number of nitrogens with zero attached hydrogens (tertiary/aromatic N) is 3. The molecule has 2 rings (SSSR count). The standard InChI is InChI=1S/C15H20N4O/c1-10-8-6-7-9-12(10)19-11(2)16-13(18-19)14(20)17-15(3,4)5/h6-9H,1-5H3,(H,17,20). The van der Waals surface area contributed by atoms with Crippen LogP contribution < -0.4 is 5.32 Å². The summed E-state index contributed by atoms with van der Waals surface area (Å²) < 4.78 is 1.70. The van der Waals surface area contributed by atoms with Gasteiger partial charge in [-0.25, -0.2) is 9.67 Å². The highest BCUT2D eigenvalue weighted by molar-refractivity contribution is 5.90. The number of benzene rings is 1. The summed E-state index contributed by atoms with van der Waals surface area (Å²) in [7, 11) is 0. The van der Waals surface area contributed by atoms with Crippen LogP contribution in [0.15, 0.2) is 24.3 Å². The third-order valence-corrected chi connectivity index (χ3v) is 2.80. The Labute approximate surface area is 119 Å². The van der Waals surface area contributed by atoms with Gasteiger partial charge in [0.15, 0.2) is 0 Å². The second-order valence-electron chi connectivity index (χ2n) is 5.89. The molecule has 1 amide bonds. The highest BCUT2D eigenvalue weighted by Gasteiger charge is 2.20. The monoisotopic (exact) mass is 272 g/mol. The maximum atomic E-state index is 12.1. The Kier molecular flexibility index (Phi) is 3.61. The lowest BCUT2D eigenvalue weighted by Crippen LogP contribution is -2.41. The highest BCUT2D eigenvalue weighted by atomic mass is 16.2. The number of aromatic nitrogens is 3. The van der Waals surface area contributed by atoms with E-state index in [1.165, 1.54) is 0 Å². The average Bonchev–Trinajstić information content (AvgIpc) is 2.70. The zero-order valence-electron chi connectivity index (χ0n) is 12.6. The number of carbonyl (C=O) groups excluding carboxylic acids is 1. The fraction of sp³-hybridized carbons (Fsp3) is 0.400. The van der Waals surface area contributed by atoms with Crippen molar-refractivity contribution in [1.29, 1.82) is 0 Å². The molecule has 0 fully saturated rings. The number of rotatable bonds is 2. The Hall–Kier alpha value is -2.17. The minimum Gasteiger partial charge on any atom is -0.345 e. The van der Waals surface area contributed by atoms with Crippen LogP contribution in [-0.2, 0) is 0 Å². The van der Waals surface area contributed by atoms with Gasteiger partial charge in [-0.2, -0.15) is 0 Å². The zero-order chi connectivity index (χ0) is 14.9. The Bertz CT molecular complexity index is 638. The van der Waals surface area contributed by atoms with Crippen LogP contribution in [0.2, 0.25) is 0 Å². The summed E-state index contributed by atoms with van der Waals surface area (Å²) in [6.45, 7) is 9.63. The molecule has 0 atom stereocenters. The van der Waals surface area contributed by atoms with E-state index >= 15 is 0 Å². The first-order valence-electron chi connectivity index (χ1n) is 6.60. The number of para-hydroxylation sites is 1. The first-order valence-corrected chi connectivity index (χ1v) is 6.60. The number of hydrogen-bond donors (Lipinski definition) is 1. The largest absolute Gasteiger partial charge is 0.345 e. The fourth-order valence-electron chi connectivity index (χ4n) is 1.91. The summed E-state index contributed by atoms with van der Waals surface area (Å²) in [6.07, 6.45) is 0. The number of hydrogen-bond acceptors (Lipinski definition) is 3. The molecule has 106 valence electrons. The lowest BCUT2D eigenvalue weighted by Gasteiger charge is -2.19. The van der Waals surface area contributed by atoms with Crippen molar-refractivity contribution in [2.45, 2.75) is 40.2 Å². The van der Waals surface area contributed by atoms with E-state index in [9.17, 15) is 4.79 Å². The van der Waals surface area contributed by atoms with E-state index in [2.05, 4.69) is 15.4 Å². The molecule has 5 heteroatoms. The molecule has 0 aliphatic heterocycles. The van der Waals surface area contributed by atoms with Gasteiger partial charge in [-0.1, -0.05) is 18.2 Å².